The summed E-state index contributed by atoms with van der Waals surface area (Å²) in [6.07, 6.45) is 2.64. The smallest absolute Gasteiger partial charge is 0.224 e. The van der Waals surface area contributed by atoms with E-state index in [0.29, 0.717) is 25.3 Å². The van der Waals surface area contributed by atoms with Crippen molar-refractivity contribution in [2.75, 3.05) is 18.9 Å². The molecule has 2 aromatic carbocycles. The Balaban J connectivity index is 1.56. The maximum absolute atomic E-state index is 12.2. The Labute approximate surface area is 154 Å². The van der Waals surface area contributed by atoms with Gasteiger partial charge < -0.3 is 20.5 Å². The average molecular weight is 354 g/mol. The molecule has 0 bridgehead atoms. The van der Waals surface area contributed by atoms with E-state index in [1.807, 2.05) is 37.3 Å². The van der Waals surface area contributed by atoms with Crippen LogP contribution in [-0.2, 0) is 22.5 Å². The zero-order valence-corrected chi connectivity index (χ0v) is 15.2. The number of nitrogens with two attached hydrogens (primary N) is 1. The van der Waals surface area contributed by atoms with E-state index < -0.39 is 0 Å². The zero-order valence-electron chi connectivity index (χ0n) is 15.2. The largest absolute Gasteiger partial charge is 0.491 e. The first-order chi connectivity index (χ1) is 12.6. The topological polar surface area (TPSA) is 73.6 Å². The summed E-state index contributed by atoms with van der Waals surface area (Å²) in [4.78, 5) is 12.2. The molecule has 1 aliphatic heterocycles. The highest BCUT2D eigenvalue weighted by Gasteiger charge is 2.17. The van der Waals surface area contributed by atoms with Gasteiger partial charge in [-0.25, -0.2) is 0 Å². The summed E-state index contributed by atoms with van der Waals surface area (Å²) in [5.41, 5.74) is 9.41. The van der Waals surface area contributed by atoms with E-state index in [-0.39, 0.29) is 12.0 Å². The van der Waals surface area contributed by atoms with Crippen LogP contribution in [0.3, 0.4) is 0 Å². The van der Waals surface area contributed by atoms with Gasteiger partial charge in [0.15, 0.2) is 0 Å². The van der Waals surface area contributed by atoms with Gasteiger partial charge in [0.05, 0.1) is 12.5 Å². The number of nitrogens with one attached hydrogen (secondary N) is 1. The van der Waals surface area contributed by atoms with Crippen LogP contribution < -0.4 is 15.8 Å². The second kappa shape index (κ2) is 8.72. The van der Waals surface area contributed by atoms with Crippen LogP contribution in [0.15, 0.2) is 42.5 Å². The van der Waals surface area contributed by atoms with Crippen LogP contribution in [0.25, 0.3) is 0 Å². The van der Waals surface area contributed by atoms with Gasteiger partial charge in [-0.2, -0.15) is 0 Å². The molecule has 5 heteroatoms. The molecule has 3 rings (SSSR count). The molecule has 1 fully saturated rings. The van der Waals surface area contributed by atoms with E-state index in [1.54, 1.807) is 12.1 Å². The van der Waals surface area contributed by atoms with Crippen LogP contribution in [-0.4, -0.2) is 25.2 Å². The van der Waals surface area contributed by atoms with E-state index in [2.05, 4.69) is 5.32 Å². The summed E-state index contributed by atoms with van der Waals surface area (Å²) in [5.74, 6) is 0.786. The Bertz CT molecular complexity index is 737. The van der Waals surface area contributed by atoms with Crippen LogP contribution in [0.1, 0.15) is 29.5 Å². The average Bonchev–Trinajstić information content (AvgIpc) is 3.14. The van der Waals surface area contributed by atoms with Crippen LogP contribution in [0.4, 0.5) is 5.69 Å². The number of rotatable bonds is 7. The van der Waals surface area contributed by atoms with Crippen molar-refractivity contribution in [3.8, 4) is 5.75 Å². The molecule has 1 saturated heterocycles. The van der Waals surface area contributed by atoms with Crippen LogP contribution in [0, 0.1) is 6.92 Å². The molecule has 5 nitrogen and oxygen atoms in total. The highest BCUT2D eigenvalue weighted by atomic mass is 16.5. The van der Waals surface area contributed by atoms with Crippen molar-refractivity contribution in [1.82, 2.24) is 5.32 Å². The van der Waals surface area contributed by atoms with E-state index in [1.165, 1.54) is 0 Å². The van der Waals surface area contributed by atoms with Gasteiger partial charge >= 0.3 is 0 Å². The van der Waals surface area contributed by atoms with Gasteiger partial charge in [-0.3, -0.25) is 4.79 Å². The van der Waals surface area contributed by atoms with Crippen molar-refractivity contribution in [2.45, 2.75) is 38.8 Å². The molecule has 1 aliphatic rings. The van der Waals surface area contributed by atoms with Crippen LogP contribution in [0.5, 0.6) is 5.75 Å². The summed E-state index contributed by atoms with van der Waals surface area (Å²) < 4.78 is 11.6. The van der Waals surface area contributed by atoms with Gasteiger partial charge in [-0.15, -0.1) is 0 Å². The van der Waals surface area contributed by atoms with Crippen molar-refractivity contribution < 1.29 is 14.3 Å². The number of hydrogen-bond acceptors (Lipinski definition) is 4. The molecule has 1 atom stereocenters. The van der Waals surface area contributed by atoms with E-state index in [4.69, 9.17) is 15.2 Å². The Kier molecular flexibility index (Phi) is 6.12. The number of aryl methyl sites for hydroxylation is 1. The molecule has 26 heavy (non-hydrogen) atoms. The summed E-state index contributed by atoms with van der Waals surface area (Å²) in [7, 11) is 0. The number of nitrogen functional groups attached to an aromatic ring is 1. The molecule has 1 amide bonds. The van der Waals surface area contributed by atoms with Crippen molar-refractivity contribution in [1.29, 1.82) is 0 Å². The van der Waals surface area contributed by atoms with E-state index in [0.717, 1.165) is 41.9 Å². The van der Waals surface area contributed by atoms with Crippen molar-refractivity contribution in [3.05, 3.63) is 59.2 Å². The minimum absolute atomic E-state index is 0.0274. The van der Waals surface area contributed by atoms with Gasteiger partial charge in [0, 0.05) is 24.4 Å². The molecule has 2 aromatic rings. The predicted octanol–water partition coefficient (Wildman–Crippen LogP) is 2.99. The molecule has 0 aliphatic carbocycles. The lowest BCUT2D eigenvalue weighted by Gasteiger charge is -2.16. The molecular weight excluding hydrogens is 328 g/mol. The Morgan fingerprint density at radius 1 is 1.27 bits per heavy atom. The minimum atomic E-state index is -0.0274. The third kappa shape index (κ3) is 5.23. The summed E-state index contributed by atoms with van der Waals surface area (Å²) in [6, 6.07) is 13.4. The van der Waals surface area contributed by atoms with Crippen LogP contribution >= 0.6 is 0 Å². The SMILES string of the molecule is Cc1ccc(CNC(=O)Cc2ccc(N)cc2)c(OCC2CCCO2)c1. The molecule has 0 radical (unpaired) electrons. The van der Waals surface area contributed by atoms with E-state index >= 15 is 0 Å². The third-order valence-corrected chi connectivity index (χ3v) is 4.49. The second-order valence-electron chi connectivity index (χ2n) is 6.75. The minimum Gasteiger partial charge on any atom is -0.491 e. The Morgan fingerprint density at radius 2 is 2.08 bits per heavy atom. The number of carbonyl (C=O) groups excluding carboxylic acids is 1. The van der Waals surface area contributed by atoms with Gasteiger partial charge in [0.25, 0.3) is 0 Å². The zero-order chi connectivity index (χ0) is 18.4. The Morgan fingerprint density at radius 3 is 2.81 bits per heavy atom. The van der Waals surface area contributed by atoms with Gasteiger partial charge in [-0.05, 0) is 49.1 Å². The molecule has 0 aromatic heterocycles. The van der Waals surface area contributed by atoms with Gasteiger partial charge in [0.2, 0.25) is 5.91 Å². The summed E-state index contributed by atoms with van der Waals surface area (Å²) in [6.45, 7) is 3.84. The maximum Gasteiger partial charge on any atom is 0.224 e. The molecular formula is C21H26N2O3. The summed E-state index contributed by atoms with van der Waals surface area (Å²) >= 11 is 0. The molecule has 0 saturated carbocycles. The number of carbonyl (C=O) groups is 1. The number of amides is 1. The first kappa shape index (κ1) is 18.3. The van der Waals surface area contributed by atoms with Crippen LogP contribution in [0.2, 0.25) is 0 Å². The normalized spacial score (nSPS) is 16.4. The Hall–Kier alpha value is -2.53. The van der Waals surface area contributed by atoms with Crippen molar-refractivity contribution >= 4 is 11.6 Å². The monoisotopic (exact) mass is 354 g/mol. The summed E-state index contributed by atoms with van der Waals surface area (Å²) in [5, 5.41) is 2.97. The van der Waals surface area contributed by atoms with E-state index in [9.17, 15) is 4.79 Å². The van der Waals surface area contributed by atoms with Gasteiger partial charge in [0.1, 0.15) is 12.4 Å². The van der Waals surface area contributed by atoms with Crippen molar-refractivity contribution in [2.24, 2.45) is 0 Å². The third-order valence-electron chi connectivity index (χ3n) is 4.49. The molecule has 138 valence electrons. The lowest BCUT2D eigenvalue weighted by molar-refractivity contribution is -0.120. The predicted molar refractivity (Wildman–Crippen MR) is 102 cm³/mol. The molecule has 1 heterocycles. The number of benzene rings is 2. The molecule has 0 spiro atoms. The highest BCUT2D eigenvalue weighted by Crippen LogP contribution is 2.22. The number of hydrogen-bond donors (Lipinski definition) is 2. The molecule has 1 unspecified atom stereocenters. The standard InChI is InChI=1S/C21H26N2O3/c1-15-4-7-17(20(11-15)26-14-19-3-2-10-25-19)13-23-21(24)12-16-5-8-18(22)9-6-16/h4-9,11,19H,2-3,10,12-14,22H2,1H3,(H,23,24). The molecule has 3 N–H and O–H groups in total. The van der Waals surface area contributed by atoms with Gasteiger partial charge in [-0.1, -0.05) is 24.3 Å². The lowest BCUT2D eigenvalue weighted by Crippen LogP contribution is -2.25. The van der Waals surface area contributed by atoms with Crippen molar-refractivity contribution in [3.63, 3.8) is 0 Å². The lowest BCUT2D eigenvalue weighted by atomic mass is 10.1. The maximum atomic E-state index is 12.2. The highest BCUT2D eigenvalue weighted by molar-refractivity contribution is 5.78. The first-order valence-electron chi connectivity index (χ1n) is 9.05. The fourth-order valence-electron chi connectivity index (χ4n) is 2.98. The second-order valence-corrected chi connectivity index (χ2v) is 6.75. The first-order valence-corrected chi connectivity index (χ1v) is 9.05. The fraction of sp³-hybridized carbons (Fsp3) is 0.381. The number of ether oxygens (including phenoxy) is 2. The fourth-order valence-corrected chi connectivity index (χ4v) is 2.98. The quantitative estimate of drug-likeness (QED) is 0.750. The number of anilines is 1.